The lowest BCUT2D eigenvalue weighted by Crippen LogP contribution is -2.27. The molecule has 0 aliphatic rings. The molecule has 7 nitrogen and oxygen atoms in total. The fraction of sp³-hybridized carbons (Fsp3) is 0.115. The van der Waals surface area contributed by atoms with Crippen molar-refractivity contribution in [3.05, 3.63) is 90.0 Å². The average molecular weight is 438 g/mol. The predicted molar refractivity (Wildman–Crippen MR) is 130 cm³/mol. The third-order valence-corrected chi connectivity index (χ3v) is 5.70. The summed E-state index contributed by atoms with van der Waals surface area (Å²) in [7, 11) is 1.61. The van der Waals surface area contributed by atoms with Crippen LogP contribution >= 0.6 is 0 Å². The average Bonchev–Trinajstić information content (AvgIpc) is 3.13. The second-order valence-corrected chi connectivity index (χ2v) is 7.78. The van der Waals surface area contributed by atoms with Gasteiger partial charge < -0.3 is 15.8 Å². The second kappa shape index (κ2) is 8.27. The van der Waals surface area contributed by atoms with Crippen molar-refractivity contribution in [3.63, 3.8) is 0 Å². The quantitative estimate of drug-likeness (QED) is 0.417. The highest BCUT2D eigenvalue weighted by atomic mass is 16.5. The molecule has 0 bridgehead atoms. The van der Waals surface area contributed by atoms with Crippen LogP contribution in [0, 0.1) is 0 Å². The molecule has 33 heavy (non-hydrogen) atoms. The third-order valence-electron chi connectivity index (χ3n) is 5.70. The van der Waals surface area contributed by atoms with E-state index in [1.54, 1.807) is 11.7 Å². The Balaban J connectivity index is 1.68. The number of nitrogens with zero attached hydrogens (tertiary/aromatic N) is 3. The van der Waals surface area contributed by atoms with Crippen molar-refractivity contribution in [1.29, 1.82) is 0 Å². The maximum atomic E-state index is 13.5. The molecule has 0 saturated heterocycles. The molecule has 0 radical (unpaired) electrons. The highest BCUT2D eigenvalue weighted by Gasteiger charge is 2.26. The Morgan fingerprint density at radius 1 is 0.939 bits per heavy atom. The number of nitrogens with one attached hydrogen (secondary N) is 1. The first-order chi connectivity index (χ1) is 16.1. The number of methoxy groups -OCH3 is 1. The fourth-order valence-electron chi connectivity index (χ4n) is 3.97. The van der Waals surface area contributed by atoms with Gasteiger partial charge in [-0.15, -0.1) is 0 Å². The SMILES string of the molecule is COc1ccc(-n2c(N)c(C(=O)N[C@@H](C)c3ccccc3)c3nc4ccccc4nc32)cc1. The maximum Gasteiger partial charge on any atom is 0.257 e. The first kappa shape index (κ1) is 20.5. The lowest BCUT2D eigenvalue weighted by Gasteiger charge is -2.14. The molecule has 0 fully saturated rings. The number of ether oxygens (including phenoxy) is 1. The summed E-state index contributed by atoms with van der Waals surface area (Å²) in [6.07, 6.45) is 0. The van der Waals surface area contributed by atoms with Crippen LogP contribution in [0.1, 0.15) is 28.9 Å². The van der Waals surface area contributed by atoms with Crippen LogP contribution in [-0.4, -0.2) is 27.6 Å². The molecule has 0 aliphatic heterocycles. The van der Waals surface area contributed by atoms with Crippen LogP contribution in [0.5, 0.6) is 5.75 Å². The maximum absolute atomic E-state index is 13.5. The highest BCUT2D eigenvalue weighted by Crippen LogP contribution is 2.32. The van der Waals surface area contributed by atoms with Crippen molar-refractivity contribution in [1.82, 2.24) is 19.9 Å². The number of benzene rings is 3. The van der Waals surface area contributed by atoms with Gasteiger partial charge >= 0.3 is 0 Å². The molecule has 5 rings (SSSR count). The van der Waals surface area contributed by atoms with E-state index in [0.717, 1.165) is 22.5 Å². The molecule has 0 saturated carbocycles. The molecule has 3 aromatic carbocycles. The monoisotopic (exact) mass is 437 g/mol. The first-order valence-corrected chi connectivity index (χ1v) is 10.6. The smallest absolute Gasteiger partial charge is 0.257 e. The number of nitrogen functional groups attached to an aromatic ring is 1. The Morgan fingerprint density at radius 3 is 2.24 bits per heavy atom. The summed E-state index contributed by atoms with van der Waals surface area (Å²) in [5.74, 6) is 0.703. The van der Waals surface area contributed by atoms with Gasteiger partial charge in [-0.05, 0) is 48.9 Å². The van der Waals surface area contributed by atoms with Crippen LogP contribution in [-0.2, 0) is 0 Å². The number of para-hydroxylation sites is 2. The molecule has 1 atom stereocenters. The number of hydrogen-bond donors (Lipinski definition) is 2. The number of amides is 1. The standard InChI is InChI=1S/C26H23N5O2/c1-16(17-8-4-3-5-9-17)28-26(32)22-23-25(30-21-11-7-6-10-20(21)29-23)31(24(22)27)18-12-14-19(33-2)15-13-18/h3-16H,27H2,1-2H3,(H,28,32)/t16-/m0/s1. The first-order valence-electron chi connectivity index (χ1n) is 10.6. The summed E-state index contributed by atoms with van der Waals surface area (Å²) in [6, 6.07) is 24.6. The number of hydrogen-bond acceptors (Lipinski definition) is 5. The summed E-state index contributed by atoms with van der Waals surface area (Å²) in [6.45, 7) is 1.94. The van der Waals surface area contributed by atoms with Gasteiger partial charge in [-0.2, -0.15) is 0 Å². The van der Waals surface area contributed by atoms with E-state index < -0.39 is 0 Å². The minimum atomic E-state index is -0.300. The summed E-state index contributed by atoms with van der Waals surface area (Å²) in [5, 5.41) is 3.06. The molecule has 2 heterocycles. The molecule has 3 N–H and O–H groups in total. The number of fused-ring (bicyclic) bond motifs is 2. The molecule has 5 aromatic rings. The summed E-state index contributed by atoms with van der Waals surface area (Å²) >= 11 is 0. The largest absolute Gasteiger partial charge is 0.497 e. The molecule has 2 aromatic heterocycles. The zero-order valence-electron chi connectivity index (χ0n) is 18.3. The summed E-state index contributed by atoms with van der Waals surface area (Å²) < 4.78 is 7.04. The van der Waals surface area contributed by atoms with Gasteiger partial charge in [0.1, 0.15) is 22.6 Å². The van der Waals surface area contributed by atoms with Crippen molar-refractivity contribution in [2.24, 2.45) is 0 Å². The Hall–Kier alpha value is -4.39. The predicted octanol–water partition coefficient (Wildman–Crippen LogP) is 4.66. The number of aromatic nitrogens is 3. The van der Waals surface area contributed by atoms with E-state index in [4.69, 9.17) is 20.4 Å². The number of carbonyl (C=O) groups is 1. The molecule has 7 heteroatoms. The molecule has 1 amide bonds. The molecule has 0 aliphatic carbocycles. The lowest BCUT2D eigenvalue weighted by atomic mass is 10.1. The normalized spacial score (nSPS) is 12.1. The van der Waals surface area contributed by atoms with Gasteiger partial charge in [-0.25, -0.2) is 9.97 Å². The van der Waals surface area contributed by atoms with Crippen molar-refractivity contribution >= 4 is 33.9 Å². The van der Waals surface area contributed by atoms with E-state index in [-0.39, 0.29) is 17.8 Å². The van der Waals surface area contributed by atoms with Gasteiger partial charge in [0, 0.05) is 5.69 Å². The molecular formula is C26H23N5O2. The molecule has 164 valence electrons. The van der Waals surface area contributed by atoms with Gasteiger partial charge in [0.05, 0.1) is 24.2 Å². The van der Waals surface area contributed by atoms with E-state index in [1.807, 2.05) is 85.8 Å². The second-order valence-electron chi connectivity index (χ2n) is 7.78. The Labute approximate surface area is 190 Å². The van der Waals surface area contributed by atoms with Crippen molar-refractivity contribution < 1.29 is 9.53 Å². The van der Waals surface area contributed by atoms with Crippen molar-refractivity contribution in [2.45, 2.75) is 13.0 Å². The minimum absolute atomic E-state index is 0.203. The number of nitrogens with two attached hydrogens (primary N) is 1. The van der Waals surface area contributed by atoms with Gasteiger partial charge in [-0.3, -0.25) is 9.36 Å². The van der Waals surface area contributed by atoms with Crippen LogP contribution in [0.15, 0.2) is 78.9 Å². The van der Waals surface area contributed by atoms with Crippen LogP contribution in [0.25, 0.3) is 27.9 Å². The van der Waals surface area contributed by atoms with Gasteiger partial charge in [0.25, 0.3) is 5.91 Å². The van der Waals surface area contributed by atoms with Gasteiger partial charge in [-0.1, -0.05) is 42.5 Å². The lowest BCUT2D eigenvalue weighted by molar-refractivity contribution is 0.0942. The summed E-state index contributed by atoms with van der Waals surface area (Å²) in [4.78, 5) is 23.0. The van der Waals surface area contributed by atoms with E-state index >= 15 is 0 Å². The van der Waals surface area contributed by atoms with E-state index in [9.17, 15) is 4.79 Å². The third kappa shape index (κ3) is 3.63. The Kier molecular flexibility index (Phi) is 5.14. The van der Waals surface area contributed by atoms with Crippen LogP contribution in [0.4, 0.5) is 5.82 Å². The van der Waals surface area contributed by atoms with Crippen LogP contribution < -0.4 is 15.8 Å². The van der Waals surface area contributed by atoms with Gasteiger partial charge in [0.2, 0.25) is 0 Å². The zero-order chi connectivity index (χ0) is 22.9. The zero-order valence-corrected chi connectivity index (χ0v) is 18.3. The van der Waals surface area contributed by atoms with E-state index in [0.29, 0.717) is 22.2 Å². The molecular weight excluding hydrogens is 414 g/mol. The van der Waals surface area contributed by atoms with Crippen molar-refractivity contribution in [2.75, 3.05) is 12.8 Å². The van der Waals surface area contributed by atoms with Crippen LogP contribution in [0.3, 0.4) is 0 Å². The topological polar surface area (TPSA) is 95.1 Å². The van der Waals surface area contributed by atoms with E-state index in [1.165, 1.54) is 0 Å². The fourth-order valence-corrected chi connectivity index (χ4v) is 3.97. The van der Waals surface area contributed by atoms with E-state index in [2.05, 4.69) is 5.32 Å². The number of rotatable bonds is 5. The van der Waals surface area contributed by atoms with Crippen LogP contribution in [0.2, 0.25) is 0 Å². The molecule has 0 unspecified atom stereocenters. The Morgan fingerprint density at radius 2 is 1.58 bits per heavy atom. The van der Waals surface area contributed by atoms with Gasteiger partial charge in [0.15, 0.2) is 5.65 Å². The Bertz CT molecular complexity index is 1460. The van der Waals surface area contributed by atoms with Crippen molar-refractivity contribution in [3.8, 4) is 11.4 Å². The minimum Gasteiger partial charge on any atom is -0.497 e. The molecule has 0 spiro atoms. The summed E-state index contributed by atoms with van der Waals surface area (Å²) in [5.41, 5.74) is 11.1. The highest BCUT2D eigenvalue weighted by molar-refractivity contribution is 6.11. The number of carbonyl (C=O) groups excluding carboxylic acids is 1. The number of anilines is 1.